The van der Waals surface area contributed by atoms with Crippen LogP contribution in [0.15, 0.2) is 0 Å². The average molecular weight is 366 g/mol. The Morgan fingerprint density at radius 3 is 2.30 bits per heavy atom. The van der Waals surface area contributed by atoms with E-state index >= 15 is 0 Å². The first kappa shape index (κ1) is 17.8. The van der Waals surface area contributed by atoms with Crippen molar-refractivity contribution in [1.29, 1.82) is 0 Å². The van der Waals surface area contributed by atoms with Crippen molar-refractivity contribution >= 4 is 26.9 Å². The summed E-state index contributed by atoms with van der Waals surface area (Å²) in [6, 6.07) is 0. The Balaban J connectivity index is 1.72. The third-order valence-corrected chi connectivity index (χ3v) is 5.10. The molecule has 0 aromatic heterocycles. The molecule has 5 atom stereocenters. The summed E-state index contributed by atoms with van der Waals surface area (Å²) < 4.78 is 34.8. The van der Waals surface area contributed by atoms with Crippen LogP contribution in [0, 0.1) is 0 Å². The van der Waals surface area contributed by atoms with E-state index in [1.54, 1.807) is 0 Å². The van der Waals surface area contributed by atoms with Crippen LogP contribution in [-0.2, 0) is 28.4 Å². The van der Waals surface area contributed by atoms with Gasteiger partial charge in [-0.15, -0.1) is 0 Å². The second-order valence-electron chi connectivity index (χ2n) is 6.52. The average Bonchev–Trinajstić information content (AvgIpc) is 2.90. The molecule has 132 valence electrons. The van der Waals surface area contributed by atoms with Gasteiger partial charge in [0.15, 0.2) is 17.9 Å². The van der Waals surface area contributed by atoms with Crippen molar-refractivity contribution in [1.82, 2.24) is 0 Å². The molecule has 0 spiro atoms. The highest BCUT2D eigenvalue weighted by Crippen LogP contribution is 2.44. The van der Waals surface area contributed by atoms with Crippen LogP contribution in [0.2, 0.25) is 0 Å². The van der Waals surface area contributed by atoms with Crippen LogP contribution in [0.5, 0.6) is 0 Å². The SMILES string of the molecule is CSSC(=O)OC[C@H]1O[C@@H]2OC(C)(C)O[C@@H]2[C@H]2OC(C)(C)O[C@H]21. The van der Waals surface area contributed by atoms with Crippen LogP contribution in [-0.4, -0.2) is 60.4 Å². The molecule has 0 bridgehead atoms. The normalized spacial score (nSPS) is 40.5. The summed E-state index contributed by atoms with van der Waals surface area (Å²) in [6.07, 6.45) is -0.304. The zero-order chi connectivity index (χ0) is 16.8. The van der Waals surface area contributed by atoms with Gasteiger partial charge in [-0.1, -0.05) is 10.8 Å². The highest BCUT2D eigenvalue weighted by molar-refractivity contribution is 8.81. The lowest BCUT2D eigenvalue weighted by molar-refractivity contribution is -0.239. The van der Waals surface area contributed by atoms with Crippen molar-refractivity contribution < 1.29 is 33.2 Å². The first-order valence-electron chi connectivity index (χ1n) is 7.45. The largest absolute Gasteiger partial charge is 0.454 e. The fraction of sp³-hybridized carbons (Fsp3) is 0.929. The molecule has 0 aromatic rings. The Morgan fingerprint density at radius 2 is 1.61 bits per heavy atom. The van der Waals surface area contributed by atoms with E-state index in [4.69, 9.17) is 28.4 Å². The minimum absolute atomic E-state index is 0.0833. The smallest absolute Gasteiger partial charge is 0.378 e. The van der Waals surface area contributed by atoms with Crippen LogP contribution in [0.1, 0.15) is 27.7 Å². The Hall–Kier alpha value is -0.0300. The van der Waals surface area contributed by atoms with Crippen LogP contribution >= 0.6 is 21.6 Å². The van der Waals surface area contributed by atoms with Crippen molar-refractivity contribution in [3.8, 4) is 0 Å². The highest BCUT2D eigenvalue weighted by atomic mass is 33.1. The van der Waals surface area contributed by atoms with Gasteiger partial charge >= 0.3 is 5.30 Å². The maximum atomic E-state index is 11.6. The van der Waals surface area contributed by atoms with Gasteiger partial charge < -0.3 is 28.4 Å². The standard InChI is InChI=1S/C14H22O7S2/c1-13(2)18-8-7(6-16-12(15)23-22-5)17-11-10(9(8)19-13)20-14(3,4)21-11/h7-11H,6H2,1-5H3/t7-,8+,9+,10-,11-/m1/s1. The maximum absolute atomic E-state index is 11.6. The fourth-order valence-electron chi connectivity index (χ4n) is 3.07. The van der Waals surface area contributed by atoms with E-state index in [0.29, 0.717) is 0 Å². The molecular weight excluding hydrogens is 344 g/mol. The third-order valence-electron chi connectivity index (χ3n) is 3.77. The lowest BCUT2D eigenvalue weighted by atomic mass is 9.99. The molecule has 3 heterocycles. The number of carbonyl (C=O) groups is 1. The monoisotopic (exact) mass is 366 g/mol. The van der Waals surface area contributed by atoms with Crippen molar-refractivity contribution in [3.63, 3.8) is 0 Å². The second-order valence-corrected chi connectivity index (χ2v) is 8.85. The molecule has 7 nitrogen and oxygen atoms in total. The Morgan fingerprint density at radius 1 is 1.00 bits per heavy atom. The van der Waals surface area contributed by atoms with Crippen LogP contribution in [0.25, 0.3) is 0 Å². The fourth-order valence-corrected chi connectivity index (χ4v) is 3.87. The minimum Gasteiger partial charge on any atom is -0.454 e. The molecular formula is C14H22O7S2. The molecule has 3 fully saturated rings. The predicted octanol–water partition coefficient (Wildman–Crippen LogP) is 2.53. The minimum atomic E-state index is -0.754. The van der Waals surface area contributed by atoms with Crippen LogP contribution in [0.4, 0.5) is 4.79 Å². The molecule has 23 heavy (non-hydrogen) atoms. The highest BCUT2D eigenvalue weighted by Gasteiger charge is 2.60. The molecule has 9 heteroatoms. The van der Waals surface area contributed by atoms with Gasteiger partial charge in [0.1, 0.15) is 31.0 Å². The zero-order valence-electron chi connectivity index (χ0n) is 13.8. The van der Waals surface area contributed by atoms with E-state index in [1.165, 1.54) is 10.8 Å². The lowest BCUT2D eigenvalue weighted by Crippen LogP contribution is -2.56. The van der Waals surface area contributed by atoms with Crippen LogP contribution in [0.3, 0.4) is 0 Å². The van der Waals surface area contributed by atoms with E-state index < -0.39 is 24.0 Å². The molecule has 0 unspecified atom stereocenters. The van der Waals surface area contributed by atoms with Gasteiger partial charge in [-0.3, -0.25) is 0 Å². The summed E-state index contributed by atoms with van der Waals surface area (Å²) in [5, 5.41) is -0.359. The first-order chi connectivity index (χ1) is 10.7. The number of carbonyl (C=O) groups excluding carboxylic acids is 1. The van der Waals surface area contributed by atoms with Gasteiger partial charge in [0.05, 0.1) is 0 Å². The van der Waals surface area contributed by atoms with E-state index in [-0.39, 0.29) is 30.2 Å². The van der Waals surface area contributed by atoms with E-state index in [1.807, 2.05) is 34.0 Å². The number of rotatable bonds is 3. The van der Waals surface area contributed by atoms with Crippen molar-refractivity contribution in [2.45, 2.75) is 70.0 Å². The summed E-state index contributed by atoms with van der Waals surface area (Å²) in [6.45, 7) is 7.42. The van der Waals surface area contributed by atoms with Crippen molar-refractivity contribution in [2.24, 2.45) is 0 Å². The molecule has 0 aliphatic carbocycles. The summed E-state index contributed by atoms with van der Waals surface area (Å²) in [7, 11) is 2.37. The molecule has 3 rings (SSSR count). The molecule has 3 aliphatic heterocycles. The number of ether oxygens (including phenoxy) is 6. The van der Waals surface area contributed by atoms with Gasteiger partial charge in [0.25, 0.3) is 0 Å². The molecule has 3 aliphatic rings. The molecule has 0 amide bonds. The second kappa shape index (κ2) is 6.36. The van der Waals surface area contributed by atoms with Crippen molar-refractivity contribution in [3.05, 3.63) is 0 Å². The van der Waals surface area contributed by atoms with Gasteiger partial charge in [0.2, 0.25) is 0 Å². The number of fused-ring (bicyclic) bond motifs is 3. The summed E-state index contributed by atoms with van der Waals surface area (Å²) in [5.41, 5.74) is 0. The van der Waals surface area contributed by atoms with E-state index in [2.05, 4.69) is 0 Å². The van der Waals surface area contributed by atoms with E-state index in [0.717, 1.165) is 10.8 Å². The topological polar surface area (TPSA) is 72.5 Å². The lowest BCUT2D eigenvalue weighted by Gasteiger charge is -2.36. The first-order valence-corrected chi connectivity index (χ1v) is 10.0. The molecule has 0 aromatic carbocycles. The van der Waals surface area contributed by atoms with Crippen LogP contribution < -0.4 is 0 Å². The van der Waals surface area contributed by atoms with Gasteiger partial charge in [0, 0.05) is 10.8 Å². The third kappa shape index (κ3) is 3.81. The summed E-state index contributed by atoms with van der Waals surface area (Å²) >= 11 is 0. The Kier molecular flexibility index (Phi) is 4.92. The van der Waals surface area contributed by atoms with Gasteiger partial charge in [-0.2, -0.15) is 0 Å². The molecule has 0 radical (unpaired) electrons. The van der Waals surface area contributed by atoms with E-state index in [9.17, 15) is 4.79 Å². The van der Waals surface area contributed by atoms with Crippen molar-refractivity contribution in [2.75, 3.05) is 12.9 Å². The van der Waals surface area contributed by atoms with Gasteiger partial charge in [-0.05, 0) is 34.0 Å². The Bertz CT molecular complexity index is 470. The molecule has 3 saturated heterocycles. The predicted molar refractivity (Wildman–Crippen MR) is 85.0 cm³/mol. The van der Waals surface area contributed by atoms with Gasteiger partial charge in [-0.25, -0.2) is 4.79 Å². The Labute approximate surface area is 143 Å². The summed E-state index contributed by atoms with van der Waals surface area (Å²) in [4.78, 5) is 11.6. The molecule has 0 N–H and O–H groups in total. The summed E-state index contributed by atoms with van der Waals surface area (Å²) in [5.74, 6) is -1.50. The number of hydrogen-bond donors (Lipinski definition) is 0. The zero-order valence-corrected chi connectivity index (χ0v) is 15.4. The molecule has 0 saturated carbocycles. The number of hydrogen-bond acceptors (Lipinski definition) is 9. The quantitative estimate of drug-likeness (QED) is 0.553. The maximum Gasteiger partial charge on any atom is 0.378 e.